The first-order valence-electron chi connectivity index (χ1n) is 10.7. The van der Waals surface area contributed by atoms with Gasteiger partial charge in [0.05, 0.1) is 26.4 Å². The van der Waals surface area contributed by atoms with Gasteiger partial charge in [-0.15, -0.1) is 0 Å². The lowest BCUT2D eigenvalue weighted by atomic mass is 9.98. The third-order valence-electron chi connectivity index (χ3n) is 5.84. The topological polar surface area (TPSA) is 232 Å². The minimum atomic E-state index is -1.77. The molecule has 2 aliphatic heterocycles. The molecule has 35 heavy (non-hydrogen) atoms. The first kappa shape index (κ1) is 27.5. The number of ether oxygens (including phenoxy) is 5. The number of nitriles is 1. The van der Waals surface area contributed by atoms with E-state index in [9.17, 15) is 46.1 Å². The van der Waals surface area contributed by atoms with Crippen LogP contribution in [-0.2, 0) is 18.9 Å². The second-order valence-corrected chi connectivity index (χ2v) is 8.12. The van der Waals surface area contributed by atoms with Crippen LogP contribution in [0.3, 0.4) is 0 Å². The summed E-state index contributed by atoms with van der Waals surface area (Å²) in [5.41, 5.74) is 0.243. The smallest absolute Gasteiger partial charge is 0.188 e. The van der Waals surface area contributed by atoms with Crippen LogP contribution in [0.25, 0.3) is 0 Å². The van der Waals surface area contributed by atoms with Crippen LogP contribution in [-0.4, -0.2) is 123 Å². The van der Waals surface area contributed by atoms with Gasteiger partial charge in [-0.25, -0.2) is 0 Å². The minimum absolute atomic E-state index is 0.0673. The van der Waals surface area contributed by atoms with Crippen LogP contribution in [0.15, 0.2) is 18.2 Å². The number of hydrogen-bond donors (Lipinski definition) is 8. The molecule has 14 heteroatoms. The fourth-order valence-corrected chi connectivity index (χ4v) is 3.74. The number of aromatic hydroxyl groups is 1. The summed E-state index contributed by atoms with van der Waals surface area (Å²) in [6.07, 6.45) is -17.2. The Bertz CT molecular complexity index is 879. The Labute approximate surface area is 199 Å². The van der Waals surface area contributed by atoms with Gasteiger partial charge < -0.3 is 64.5 Å². The van der Waals surface area contributed by atoms with Crippen molar-refractivity contribution in [3.63, 3.8) is 0 Å². The van der Waals surface area contributed by atoms with E-state index in [1.54, 1.807) is 0 Å². The van der Waals surface area contributed by atoms with Gasteiger partial charge in [-0.05, 0) is 17.7 Å². The highest BCUT2D eigenvalue weighted by Gasteiger charge is 2.48. The molecule has 11 unspecified atom stereocenters. The van der Waals surface area contributed by atoms with Crippen molar-refractivity contribution in [3.8, 4) is 17.6 Å². The van der Waals surface area contributed by atoms with Crippen LogP contribution in [0.4, 0.5) is 0 Å². The predicted molar refractivity (Wildman–Crippen MR) is 110 cm³/mol. The highest BCUT2D eigenvalue weighted by atomic mass is 16.7. The number of aliphatic hydroxyl groups excluding tert-OH is 7. The molecule has 1 aromatic carbocycles. The van der Waals surface area contributed by atoms with Crippen LogP contribution in [0.5, 0.6) is 11.5 Å². The summed E-state index contributed by atoms with van der Waals surface area (Å²) < 4.78 is 26.6. The lowest BCUT2D eigenvalue weighted by Gasteiger charge is -2.43. The number of hydrogen-bond acceptors (Lipinski definition) is 14. The van der Waals surface area contributed by atoms with Crippen molar-refractivity contribution >= 4 is 0 Å². The van der Waals surface area contributed by atoms with E-state index in [4.69, 9.17) is 23.7 Å². The quantitative estimate of drug-likeness (QED) is 0.173. The molecule has 0 spiro atoms. The Hall–Kier alpha value is -2.13. The summed E-state index contributed by atoms with van der Waals surface area (Å²) in [7, 11) is 1.31. The summed E-state index contributed by atoms with van der Waals surface area (Å²) in [6.45, 7) is -1.22. The van der Waals surface area contributed by atoms with Gasteiger partial charge in [0.25, 0.3) is 0 Å². The highest BCUT2D eigenvalue weighted by Crippen LogP contribution is 2.33. The Morgan fingerprint density at radius 3 is 2.11 bits per heavy atom. The fourth-order valence-electron chi connectivity index (χ4n) is 3.74. The van der Waals surface area contributed by atoms with Crippen molar-refractivity contribution in [3.05, 3.63) is 23.8 Å². The molecule has 14 nitrogen and oxygen atoms in total. The third kappa shape index (κ3) is 5.82. The summed E-state index contributed by atoms with van der Waals surface area (Å²) in [6, 6.07) is 5.84. The molecule has 3 rings (SSSR count). The van der Waals surface area contributed by atoms with Gasteiger partial charge in [-0.2, -0.15) is 5.26 Å². The molecule has 2 fully saturated rings. The molecule has 11 atom stereocenters. The second-order valence-electron chi connectivity index (χ2n) is 8.12. The van der Waals surface area contributed by atoms with Gasteiger partial charge >= 0.3 is 0 Å². The minimum Gasteiger partial charge on any atom is -0.504 e. The van der Waals surface area contributed by atoms with E-state index in [1.807, 2.05) is 6.07 Å². The van der Waals surface area contributed by atoms with E-state index >= 15 is 0 Å². The van der Waals surface area contributed by atoms with Crippen LogP contribution >= 0.6 is 0 Å². The fraction of sp³-hybridized carbons (Fsp3) is 0.667. The molecule has 0 aromatic heterocycles. The molecule has 0 amide bonds. The van der Waals surface area contributed by atoms with E-state index in [2.05, 4.69) is 0 Å². The van der Waals surface area contributed by atoms with Gasteiger partial charge in [0, 0.05) is 0 Å². The van der Waals surface area contributed by atoms with Gasteiger partial charge in [-0.3, -0.25) is 0 Å². The predicted octanol–water partition coefficient (Wildman–Crippen LogP) is -3.39. The normalized spacial score (nSPS) is 38.5. The molecule has 2 heterocycles. The van der Waals surface area contributed by atoms with E-state index < -0.39 is 80.7 Å². The van der Waals surface area contributed by atoms with Gasteiger partial charge in [-0.1, -0.05) is 6.07 Å². The number of rotatable bonds is 8. The van der Waals surface area contributed by atoms with Crippen molar-refractivity contribution in [1.29, 1.82) is 5.26 Å². The summed E-state index contributed by atoms with van der Waals surface area (Å²) in [5, 5.41) is 89.2. The summed E-state index contributed by atoms with van der Waals surface area (Å²) in [5.74, 6) is -0.108. The Kier molecular flexibility index (Phi) is 9.21. The van der Waals surface area contributed by atoms with Crippen LogP contribution in [0.2, 0.25) is 0 Å². The maximum Gasteiger partial charge on any atom is 0.188 e. The van der Waals surface area contributed by atoms with Crippen molar-refractivity contribution in [2.24, 2.45) is 0 Å². The van der Waals surface area contributed by atoms with Crippen LogP contribution in [0, 0.1) is 11.3 Å². The average Bonchev–Trinajstić information content (AvgIpc) is 2.86. The first-order valence-corrected chi connectivity index (χ1v) is 10.7. The van der Waals surface area contributed by atoms with E-state index in [1.165, 1.54) is 25.3 Å². The molecule has 196 valence electrons. The molecule has 0 aliphatic carbocycles. The number of benzene rings is 1. The Morgan fingerprint density at radius 1 is 0.914 bits per heavy atom. The number of methoxy groups -OCH3 is 1. The van der Waals surface area contributed by atoms with Crippen molar-refractivity contribution < 1.29 is 64.5 Å². The highest BCUT2D eigenvalue weighted by molar-refractivity contribution is 5.43. The Morgan fingerprint density at radius 2 is 1.51 bits per heavy atom. The third-order valence-corrected chi connectivity index (χ3v) is 5.84. The lowest BCUT2D eigenvalue weighted by molar-refractivity contribution is -0.334. The molecular weight excluding hydrogens is 474 g/mol. The lowest BCUT2D eigenvalue weighted by Crippen LogP contribution is -2.61. The largest absolute Gasteiger partial charge is 0.504 e. The van der Waals surface area contributed by atoms with E-state index in [0.717, 1.165) is 0 Å². The van der Waals surface area contributed by atoms with Crippen molar-refractivity contribution in [1.82, 2.24) is 0 Å². The number of aliphatic hydroxyl groups is 7. The standard InChI is InChI=1S/C21H29NO13/c1-31-10-4-8(2-3-9(10)24)11(5-22)33-21-19(30)17(28)15(26)13(35-21)7-32-20-18(29)16(27)14(25)12(6-23)34-20/h2-4,11-21,23-30H,6-7H2,1H3. The van der Waals surface area contributed by atoms with E-state index in [-0.39, 0.29) is 17.1 Å². The molecule has 1 aromatic rings. The molecule has 0 bridgehead atoms. The maximum atomic E-state index is 10.3. The van der Waals surface area contributed by atoms with Crippen LogP contribution < -0.4 is 4.74 Å². The zero-order valence-electron chi connectivity index (χ0n) is 18.6. The maximum absolute atomic E-state index is 10.3. The van der Waals surface area contributed by atoms with Gasteiger partial charge in [0.2, 0.25) is 0 Å². The zero-order chi connectivity index (χ0) is 25.9. The first-order chi connectivity index (χ1) is 16.6. The molecule has 2 aliphatic rings. The summed E-state index contributed by atoms with van der Waals surface area (Å²) >= 11 is 0. The zero-order valence-corrected chi connectivity index (χ0v) is 18.6. The molecular formula is C21H29NO13. The van der Waals surface area contributed by atoms with Gasteiger partial charge in [0.15, 0.2) is 30.2 Å². The van der Waals surface area contributed by atoms with E-state index in [0.29, 0.717) is 0 Å². The number of phenolic OH excluding ortho intramolecular Hbond substituents is 1. The molecule has 0 radical (unpaired) electrons. The van der Waals surface area contributed by atoms with Crippen molar-refractivity contribution in [2.75, 3.05) is 20.3 Å². The number of phenols is 1. The average molecular weight is 503 g/mol. The number of nitrogens with zero attached hydrogens (tertiary/aromatic N) is 1. The molecule has 2 saturated heterocycles. The second kappa shape index (κ2) is 11.7. The molecule has 8 N–H and O–H groups in total. The summed E-state index contributed by atoms with van der Waals surface area (Å²) in [4.78, 5) is 0. The van der Waals surface area contributed by atoms with Crippen LogP contribution in [0.1, 0.15) is 11.7 Å². The SMILES string of the molecule is COc1cc(C(C#N)OC2OC(COC3OC(CO)C(O)C(O)C3O)C(O)C(O)C2O)ccc1O. The monoisotopic (exact) mass is 503 g/mol. The molecule has 0 saturated carbocycles. The van der Waals surface area contributed by atoms with Crippen molar-refractivity contribution in [2.45, 2.75) is 67.5 Å². The Balaban J connectivity index is 1.69. The van der Waals surface area contributed by atoms with Gasteiger partial charge in [0.1, 0.15) is 48.8 Å².